The molecule has 0 aliphatic heterocycles. The van der Waals surface area contributed by atoms with E-state index in [1.54, 1.807) is 24.3 Å². The number of rotatable bonds is 1. The highest BCUT2D eigenvalue weighted by atomic mass is 35.5. The van der Waals surface area contributed by atoms with Gasteiger partial charge in [-0.1, -0.05) is 11.6 Å². The molecule has 86 valence electrons. The van der Waals surface area contributed by atoms with Crippen molar-refractivity contribution in [3.8, 4) is 0 Å². The molecule has 4 nitrogen and oxygen atoms in total. The van der Waals surface area contributed by atoms with Gasteiger partial charge in [0.05, 0.1) is 22.1 Å². The maximum Gasteiger partial charge on any atom is 0.180 e. The minimum absolute atomic E-state index is 0.153. The number of halogens is 1. The molecule has 0 radical (unpaired) electrons. The van der Waals surface area contributed by atoms with Crippen molar-refractivity contribution in [2.24, 2.45) is 4.99 Å². The number of anilines is 2. The van der Waals surface area contributed by atoms with E-state index in [1.165, 1.54) is 12.2 Å². The van der Waals surface area contributed by atoms with Crippen LogP contribution in [0.25, 0.3) is 0 Å². The van der Waals surface area contributed by atoms with Gasteiger partial charge in [0.2, 0.25) is 0 Å². The van der Waals surface area contributed by atoms with Gasteiger partial charge in [0, 0.05) is 11.8 Å². The van der Waals surface area contributed by atoms with E-state index in [1.807, 2.05) is 0 Å². The highest BCUT2D eigenvalue weighted by Crippen LogP contribution is 2.26. The molecule has 0 atom stereocenters. The predicted octanol–water partition coefficient (Wildman–Crippen LogP) is 2.19. The van der Waals surface area contributed by atoms with Gasteiger partial charge in [-0.2, -0.15) is 0 Å². The molecule has 0 saturated carbocycles. The summed E-state index contributed by atoms with van der Waals surface area (Å²) < 4.78 is 0. The summed E-state index contributed by atoms with van der Waals surface area (Å²) >= 11 is 5.90. The number of nitrogen functional groups attached to an aromatic ring is 2. The highest BCUT2D eigenvalue weighted by Gasteiger charge is 2.09. The number of aliphatic imine (C=N–C) groups is 1. The van der Waals surface area contributed by atoms with Crippen molar-refractivity contribution in [3.63, 3.8) is 0 Å². The Bertz CT molecular complexity index is 573. The van der Waals surface area contributed by atoms with Crippen LogP contribution in [-0.4, -0.2) is 11.5 Å². The van der Waals surface area contributed by atoms with E-state index >= 15 is 0 Å². The molecule has 0 fully saturated rings. The van der Waals surface area contributed by atoms with Crippen LogP contribution in [0, 0.1) is 0 Å². The molecule has 0 spiro atoms. The maximum absolute atomic E-state index is 11.0. The Labute approximate surface area is 103 Å². The fourth-order valence-corrected chi connectivity index (χ4v) is 1.60. The maximum atomic E-state index is 11.0. The zero-order chi connectivity index (χ0) is 12.4. The molecule has 1 aromatic carbocycles. The van der Waals surface area contributed by atoms with E-state index in [-0.39, 0.29) is 5.78 Å². The molecule has 1 aromatic rings. The van der Waals surface area contributed by atoms with Gasteiger partial charge in [-0.15, -0.1) is 0 Å². The standard InChI is InChI=1S/C12H10ClN3O/c13-9-6-8(17)2-4-11(9)16-12-3-1-7(14)5-10(12)15/h1-6H,14-15H2. The average Bonchev–Trinajstić information content (AvgIpc) is 2.25. The van der Waals surface area contributed by atoms with E-state index in [4.69, 9.17) is 23.1 Å². The van der Waals surface area contributed by atoms with E-state index in [0.717, 1.165) is 0 Å². The van der Waals surface area contributed by atoms with Crippen molar-refractivity contribution >= 4 is 40.2 Å². The first-order chi connectivity index (χ1) is 8.06. The number of hydrogen-bond donors (Lipinski definition) is 2. The Balaban J connectivity index is 2.40. The number of ketones is 1. The topological polar surface area (TPSA) is 81.5 Å². The number of carbonyl (C=O) groups excluding carboxylic acids is 1. The largest absolute Gasteiger partial charge is 0.399 e. The minimum atomic E-state index is -0.153. The summed E-state index contributed by atoms with van der Waals surface area (Å²) in [5, 5.41) is 0.300. The van der Waals surface area contributed by atoms with Gasteiger partial charge in [0.25, 0.3) is 0 Å². The fourth-order valence-electron chi connectivity index (χ4n) is 1.38. The van der Waals surface area contributed by atoms with Gasteiger partial charge >= 0.3 is 0 Å². The van der Waals surface area contributed by atoms with Crippen LogP contribution in [0.15, 0.2) is 46.5 Å². The van der Waals surface area contributed by atoms with Gasteiger partial charge in [0.15, 0.2) is 5.78 Å². The van der Waals surface area contributed by atoms with Crippen LogP contribution >= 0.6 is 11.6 Å². The van der Waals surface area contributed by atoms with Crippen molar-refractivity contribution < 1.29 is 4.79 Å². The molecule has 0 unspecified atom stereocenters. The van der Waals surface area contributed by atoms with E-state index in [9.17, 15) is 4.79 Å². The van der Waals surface area contributed by atoms with Gasteiger partial charge in [0.1, 0.15) is 0 Å². The monoisotopic (exact) mass is 247 g/mol. The molecule has 5 heteroatoms. The Kier molecular flexibility index (Phi) is 2.97. The molecule has 0 amide bonds. The van der Waals surface area contributed by atoms with Crippen LogP contribution in [0.3, 0.4) is 0 Å². The molecule has 0 saturated heterocycles. The van der Waals surface area contributed by atoms with E-state index in [2.05, 4.69) is 4.99 Å². The number of hydrogen-bond acceptors (Lipinski definition) is 4. The Morgan fingerprint density at radius 2 is 1.94 bits per heavy atom. The first kappa shape index (κ1) is 11.4. The van der Waals surface area contributed by atoms with Crippen LogP contribution in [0.1, 0.15) is 0 Å². The Morgan fingerprint density at radius 3 is 2.59 bits per heavy atom. The van der Waals surface area contributed by atoms with Gasteiger partial charge < -0.3 is 11.5 Å². The van der Waals surface area contributed by atoms with Gasteiger partial charge in [-0.3, -0.25) is 4.79 Å². The van der Waals surface area contributed by atoms with Crippen LogP contribution < -0.4 is 11.5 Å². The summed E-state index contributed by atoms with van der Waals surface area (Å²) in [6, 6.07) is 5.02. The quantitative estimate of drug-likeness (QED) is 0.590. The smallest absolute Gasteiger partial charge is 0.180 e. The normalized spacial score (nSPS) is 17.4. The molecular formula is C12H10ClN3O. The minimum Gasteiger partial charge on any atom is -0.399 e. The fraction of sp³-hybridized carbons (Fsp3) is 0. The van der Waals surface area contributed by atoms with E-state index < -0.39 is 0 Å². The first-order valence-corrected chi connectivity index (χ1v) is 5.27. The number of nitrogens with zero attached hydrogens (tertiary/aromatic N) is 1. The van der Waals surface area contributed by atoms with Crippen molar-refractivity contribution in [3.05, 3.63) is 41.5 Å². The van der Waals surface area contributed by atoms with Crippen molar-refractivity contribution in [1.29, 1.82) is 0 Å². The number of benzene rings is 1. The van der Waals surface area contributed by atoms with Gasteiger partial charge in [-0.25, -0.2) is 4.99 Å². The number of carbonyl (C=O) groups is 1. The van der Waals surface area contributed by atoms with Gasteiger partial charge in [-0.05, 0) is 30.4 Å². The predicted molar refractivity (Wildman–Crippen MR) is 70.4 cm³/mol. The molecule has 1 aliphatic carbocycles. The van der Waals surface area contributed by atoms with Crippen LogP contribution in [0.5, 0.6) is 0 Å². The lowest BCUT2D eigenvalue weighted by Gasteiger charge is -2.06. The lowest BCUT2D eigenvalue weighted by atomic mass is 10.1. The van der Waals surface area contributed by atoms with Crippen molar-refractivity contribution in [1.82, 2.24) is 0 Å². The van der Waals surface area contributed by atoms with Crippen LogP contribution in [0.2, 0.25) is 0 Å². The summed E-state index contributed by atoms with van der Waals surface area (Å²) in [6.07, 6.45) is 4.27. The zero-order valence-corrected chi connectivity index (χ0v) is 9.61. The SMILES string of the molecule is Nc1ccc(N=C2C=CC(=O)C=C2Cl)c(N)c1. The second kappa shape index (κ2) is 4.43. The second-order valence-corrected chi connectivity index (χ2v) is 3.95. The second-order valence-electron chi connectivity index (χ2n) is 3.54. The Morgan fingerprint density at radius 1 is 1.18 bits per heavy atom. The third-order valence-corrected chi connectivity index (χ3v) is 2.51. The molecule has 0 heterocycles. The summed E-state index contributed by atoms with van der Waals surface area (Å²) in [4.78, 5) is 15.3. The molecule has 0 bridgehead atoms. The number of allylic oxidation sites excluding steroid dienone is 4. The summed E-state index contributed by atoms with van der Waals surface area (Å²) in [5.41, 5.74) is 13.5. The molecule has 2 rings (SSSR count). The molecule has 4 N–H and O–H groups in total. The summed E-state index contributed by atoms with van der Waals surface area (Å²) in [6.45, 7) is 0. The number of nitrogens with two attached hydrogens (primary N) is 2. The Hall–Kier alpha value is -2.07. The van der Waals surface area contributed by atoms with Crippen molar-refractivity contribution in [2.75, 3.05) is 11.5 Å². The first-order valence-electron chi connectivity index (χ1n) is 4.89. The summed E-state index contributed by atoms with van der Waals surface area (Å²) in [7, 11) is 0. The molecule has 0 aromatic heterocycles. The van der Waals surface area contributed by atoms with E-state index in [0.29, 0.717) is 27.8 Å². The summed E-state index contributed by atoms with van der Waals surface area (Å²) in [5.74, 6) is -0.153. The lowest BCUT2D eigenvalue weighted by Crippen LogP contribution is -2.03. The zero-order valence-electron chi connectivity index (χ0n) is 8.85. The third kappa shape index (κ3) is 2.54. The van der Waals surface area contributed by atoms with Crippen molar-refractivity contribution in [2.45, 2.75) is 0 Å². The lowest BCUT2D eigenvalue weighted by molar-refractivity contribution is -0.110. The average molecular weight is 248 g/mol. The van der Waals surface area contributed by atoms with Crippen LogP contribution in [0.4, 0.5) is 17.1 Å². The highest BCUT2D eigenvalue weighted by molar-refractivity contribution is 6.48. The van der Waals surface area contributed by atoms with Crippen LogP contribution in [-0.2, 0) is 4.79 Å². The molecule has 1 aliphatic rings. The molecule has 17 heavy (non-hydrogen) atoms. The molecular weight excluding hydrogens is 238 g/mol. The third-order valence-electron chi connectivity index (χ3n) is 2.21.